The number of rotatable bonds is 7. The Bertz CT molecular complexity index is 1450. The molecule has 2 heterocycles. The quantitative estimate of drug-likeness (QED) is 0.494. The molecule has 0 bridgehead atoms. The molecular formula is C28H27ClFN3O5. The zero-order valence-electron chi connectivity index (χ0n) is 21.0. The number of methoxy groups -OCH3 is 1. The van der Waals surface area contributed by atoms with Gasteiger partial charge in [-0.3, -0.25) is 14.4 Å². The summed E-state index contributed by atoms with van der Waals surface area (Å²) in [4.78, 5) is 41.8. The van der Waals surface area contributed by atoms with Crippen LogP contribution in [0.3, 0.4) is 0 Å². The van der Waals surface area contributed by atoms with Crippen LogP contribution in [0.2, 0.25) is 5.02 Å². The van der Waals surface area contributed by atoms with Gasteiger partial charge in [0.25, 0.3) is 11.8 Å². The molecule has 198 valence electrons. The molecule has 0 unspecified atom stereocenters. The molecule has 8 nitrogen and oxygen atoms in total. The molecule has 1 aliphatic carbocycles. The van der Waals surface area contributed by atoms with E-state index in [-0.39, 0.29) is 52.8 Å². The number of amides is 2. The maximum absolute atomic E-state index is 14.4. The van der Waals surface area contributed by atoms with E-state index < -0.39 is 22.7 Å². The highest BCUT2D eigenvalue weighted by molar-refractivity contribution is 6.30. The van der Waals surface area contributed by atoms with Crippen LogP contribution < -0.4 is 15.5 Å². The van der Waals surface area contributed by atoms with Crippen LogP contribution in [0.25, 0.3) is 0 Å². The van der Waals surface area contributed by atoms with E-state index in [4.69, 9.17) is 21.1 Å². The Kier molecular flexibility index (Phi) is 6.98. The largest absolute Gasteiger partial charge is 0.483 e. The second kappa shape index (κ2) is 10.2. The summed E-state index contributed by atoms with van der Waals surface area (Å²) in [5.41, 5.74) is -0.377. The highest BCUT2D eigenvalue weighted by Crippen LogP contribution is 2.45. The molecule has 1 spiro atoms. The van der Waals surface area contributed by atoms with Crippen LogP contribution in [0.15, 0.2) is 59.5 Å². The maximum Gasteiger partial charge on any atom is 0.274 e. The maximum atomic E-state index is 14.4. The van der Waals surface area contributed by atoms with Gasteiger partial charge >= 0.3 is 0 Å². The molecule has 2 aromatic carbocycles. The normalized spacial score (nSPS) is 20.2. The number of carbonyl (C=O) groups is 2. The van der Waals surface area contributed by atoms with E-state index in [9.17, 15) is 18.8 Å². The van der Waals surface area contributed by atoms with Gasteiger partial charge in [0.05, 0.1) is 16.7 Å². The fraction of sp³-hybridized carbons (Fsp3) is 0.321. The molecule has 1 fully saturated rings. The zero-order chi connectivity index (χ0) is 27.0. The summed E-state index contributed by atoms with van der Waals surface area (Å²) in [5, 5.41) is 2.54. The van der Waals surface area contributed by atoms with Gasteiger partial charge in [0.15, 0.2) is 11.4 Å². The van der Waals surface area contributed by atoms with Gasteiger partial charge in [-0.2, -0.15) is 0 Å². The Balaban J connectivity index is 1.56. The molecule has 1 N–H and O–H groups in total. The predicted molar refractivity (Wildman–Crippen MR) is 139 cm³/mol. The lowest BCUT2D eigenvalue weighted by molar-refractivity contribution is -0.0674. The molecule has 2 amide bonds. The highest BCUT2D eigenvalue weighted by atomic mass is 35.5. The number of hydrogen-bond donors (Lipinski definition) is 1. The summed E-state index contributed by atoms with van der Waals surface area (Å²) >= 11 is 5.86. The fourth-order valence-electron chi connectivity index (χ4n) is 5.20. The number of pyridine rings is 1. The molecule has 1 saturated carbocycles. The summed E-state index contributed by atoms with van der Waals surface area (Å²) in [6.07, 6.45) is 2.61. The van der Waals surface area contributed by atoms with Crippen molar-refractivity contribution in [3.63, 3.8) is 0 Å². The standard InChI is InChI=1S/C28H27ClFN3O5/c1-32-16-28(11-19(12-28)37-2)33-14-20(26(35)31-13-18-9-6-10-21(29)22(18)30)24(34)25(23(33)27(32)36)38-15-17-7-4-3-5-8-17/h3-10,14,19H,11-13,15-16H2,1-2H3,(H,31,35)/t19-,28-. The number of aromatic nitrogens is 1. The van der Waals surface area contributed by atoms with Crippen molar-refractivity contribution in [3.05, 3.63) is 98.2 Å². The Morgan fingerprint density at radius 1 is 1.16 bits per heavy atom. The van der Waals surface area contributed by atoms with Gasteiger partial charge in [-0.25, -0.2) is 4.39 Å². The molecule has 10 heteroatoms. The molecule has 2 aliphatic rings. The average molecular weight is 540 g/mol. The van der Waals surface area contributed by atoms with Crippen molar-refractivity contribution in [1.82, 2.24) is 14.8 Å². The smallest absolute Gasteiger partial charge is 0.274 e. The van der Waals surface area contributed by atoms with Gasteiger partial charge in [-0.1, -0.05) is 54.1 Å². The monoisotopic (exact) mass is 539 g/mol. The first-order valence-electron chi connectivity index (χ1n) is 12.2. The molecule has 1 aromatic heterocycles. The van der Waals surface area contributed by atoms with Crippen molar-refractivity contribution < 1.29 is 23.5 Å². The molecule has 5 rings (SSSR count). The van der Waals surface area contributed by atoms with Gasteiger partial charge in [0, 0.05) is 39.0 Å². The first kappa shape index (κ1) is 25.9. The SMILES string of the molecule is CO[C@H]1C[C@@]2(CN(C)C(=O)c3c(OCc4ccccc4)c(=O)c(C(=O)NCc4cccc(Cl)c4F)cn32)C1. The molecule has 0 saturated heterocycles. The van der Waals surface area contributed by atoms with Crippen LogP contribution in [0.1, 0.15) is 44.8 Å². The third-order valence-electron chi connectivity index (χ3n) is 7.25. The van der Waals surface area contributed by atoms with Crippen molar-refractivity contribution in [2.75, 3.05) is 20.7 Å². The summed E-state index contributed by atoms with van der Waals surface area (Å²) in [5.74, 6) is -1.91. The van der Waals surface area contributed by atoms with Crippen molar-refractivity contribution in [1.29, 1.82) is 0 Å². The van der Waals surface area contributed by atoms with E-state index in [2.05, 4.69) is 5.32 Å². The lowest BCUT2D eigenvalue weighted by Gasteiger charge is -2.53. The minimum absolute atomic E-state index is 0.0133. The van der Waals surface area contributed by atoms with Crippen LogP contribution in [0, 0.1) is 5.82 Å². The van der Waals surface area contributed by atoms with Crippen molar-refractivity contribution in [2.45, 2.75) is 37.6 Å². The van der Waals surface area contributed by atoms with Crippen molar-refractivity contribution >= 4 is 23.4 Å². The van der Waals surface area contributed by atoms with Crippen LogP contribution >= 0.6 is 11.6 Å². The third-order valence-corrected chi connectivity index (χ3v) is 7.54. The van der Waals surface area contributed by atoms with Crippen LogP contribution in [0.4, 0.5) is 4.39 Å². The minimum Gasteiger partial charge on any atom is -0.483 e. The van der Waals surface area contributed by atoms with Gasteiger partial charge in [-0.15, -0.1) is 0 Å². The molecule has 0 atom stereocenters. The Labute approximate surface area is 223 Å². The van der Waals surface area contributed by atoms with E-state index in [1.54, 1.807) is 29.7 Å². The molecule has 0 radical (unpaired) electrons. The van der Waals surface area contributed by atoms with Crippen LogP contribution in [0.5, 0.6) is 5.75 Å². The second-order valence-corrected chi connectivity index (χ2v) is 10.1. The number of carbonyl (C=O) groups excluding carboxylic acids is 2. The molecule has 1 aliphatic heterocycles. The summed E-state index contributed by atoms with van der Waals surface area (Å²) < 4.78 is 27.6. The predicted octanol–water partition coefficient (Wildman–Crippen LogP) is 3.74. The highest BCUT2D eigenvalue weighted by Gasteiger charge is 2.52. The number of hydrogen-bond acceptors (Lipinski definition) is 5. The van der Waals surface area contributed by atoms with Gasteiger partial charge in [-0.05, 0) is 24.5 Å². The van der Waals surface area contributed by atoms with E-state index in [1.165, 1.54) is 18.3 Å². The molecular weight excluding hydrogens is 513 g/mol. The number of benzene rings is 2. The summed E-state index contributed by atoms with van der Waals surface area (Å²) in [7, 11) is 3.31. The summed E-state index contributed by atoms with van der Waals surface area (Å²) in [6.45, 7) is 0.256. The number of ether oxygens (including phenoxy) is 2. The van der Waals surface area contributed by atoms with Crippen LogP contribution in [-0.4, -0.2) is 48.1 Å². The molecule has 38 heavy (non-hydrogen) atoms. The number of nitrogens with one attached hydrogen (secondary N) is 1. The average Bonchev–Trinajstić information content (AvgIpc) is 2.89. The second-order valence-electron chi connectivity index (χ2n) is 9.74. The number of likely N-dealkylation sites (N-methyl/N-ethyl adjacent to an activating group) is 1. The van der Waals surface area contributed by atoms with Crippen LogP contribution in [-0.2, 0) is 23.4 Å². The Morgan fingerprint density at radius 2 is 1.89 bits per heavy atom. The Hall–Kier alpha value is -3.69. The minimum atomic E-state index is -0.710. The number of fused-ring (bicyclic) bond motifs is 2. The van der Waals surface area contributed by atoms with E-state index in [0.717, 1.165) is 5.56 Å². The Morgan fingerprint density at radius 3 is 2.61 bits per heavy atom. The first-order valence-corrected chi connectivity index (χ1v) is 12.6. The number of nitrogens with zero attached hydrogens (tertiary/aromatic N) is 2. The van der Waals surface area contributed by atoms with Crippen molar-refractivity contribution in [2.24, 2.45) is 0 Å². The number of halogens is 2. The van der Waals surface area contributed by atoms with E-state index >= 15 is 0 Å². The molecule has 3 aromatic rings. The summed E-state index contributed by atoms with van der Waals surface area (Å²) in [6, 6.07) is 13.7. The van der Waals surface area contributed by atoms with E-state index in [0.29, 0.717) is 19.4 Å². The van der Waals surface area contributed by atoms with Gasteiger partial charge in [0.2, 0.25) is 5.43 Å². The van der Waals surface area contributed by atoms with Gasteiger partial charge < -0.3 is 24.3 Å². The first-order chi connectivity index (χ1) is 18.2. The lowest BCUT2D eigenvalue weighted by Crippen LogP contribution is -2.61. The fourth-order valence-corrected chi connectivity index (χ4v) is 5.39. The zero-order valence-corrected chi connectivity index (χ0v) is 21.8. The van der Waals surface area contributed by atoms with E-state index in [1.807, 2.05) is 30.3 Å². The third kappa shape index (κ3) is 4.56. The lowest BCUT2D eigenvalue weighted by atomic mass is 9.72. The van der Waals surface area contributed by atoms with Gasteiger partial charge in [0.1, 0.15) is 18.0 Å². The topological polar surface area (TPSA) is 89.9 Å². The van der Waals surface area contributed by atoms with Crippen molar-refractivity contribution in [3.8, 4) is 5.75 Å².